The van der Waals surface area contributed by atoms with Crippen LogP contribution in [0.4, 0.5) is 10.2 Å². The predicted octanol–water partition coefficient (Wildman–Crippen LogP) is 7.65. The van der Waals surface area contributed by atoms with Gasteiger partial charge in [-0.3, -0.25) is 0 Å². The van der Waals surface area contributed by atoms with Gasteiger partial charge in [-0.15, -0.1) is 0 Å². The summed E-state index contributed by atoms with van der Waals surface area (Å²) in [4.78, 5) is 12.1. The third-order valence-electron chi connectivity index (χ3n) is 11.1. The Labute approximate surface area is 283 Å². The number of aromatic nitrogens is 2. The molecule has 252 valence electrons. The molecule has 3 fully saturated rings. The summed E-state index contributed by atoms with van der Waals surface area (Å²) < 4.78 is 29.5. The van der Waals surface area contributed by atoms with Crippen LogP contribution >= 0.6 is 11.6 Å². The molecule has 3 aromatic rings. The van der Waals surface area contributed by atoms with E-state index in [-0.39, 0.29) is 16.9 Å². The van der Waals surface area contributed by atoms with Gasteiger partial charge in [0.1, 0.15) is 11.3 Å². The average Bonchev–Trinajstić information content (AvgIpc) is 3.40. The third-order valence-corrected chi connectivity index (χ3v) is 11.4. The van der Waals surface area contributed by atoms with E-state index in [1.54, 1.807) is 0 Å². The second kappa shape index (κ2) is 14.0. The summed E-state index contributed by atoms with van der Waals surface area (Å²) in [6, 6.07) is 11.5. The molecule has 1 saturated carbocycles. The molecule has 0 amide bonds. The normalized spacial score (nSPS) is 23.7. The molecule has 1 aromatic heterocycles. The fraction of sp³-hybridized carbons (Fsp3) is 0.579. The van der Waals surface area contributed by atoms with Crippen molar-refractivity contribution in [1.82, 2.24) is 20.6 Å². The first-order chi connectivity index (χ1) is 22.9. The van der Waals surface area contributed by atoms with Gasteiger partial charge < -0.3 is 25.0 Å². The van der Waals surface area contributed by atoms with E-state index >= 15 is 4.39 Å². The van der Waals surface area contributed by atoms with Gasteiger partial charge in [-0.2, -0.15) is 9.97 Å². The van der Waals surface area contributed by atoms with Crippen molar-refractivity contribution in [2.24, 2.45) is 5.41 Å². The predicted molar refractivity (Wildman–Crippen MR) is 188 cm³/mol. The van der Waals surface area contributed by atoms with E-state index in [1.807, 2.05) is 25.2 Å². The topological polar surface area (TPSA) is 71.5 Å². The lowest BCUT2D eigenvalue weighted by Crippen LogP contribution is -2.51. The number of rotatable bonds is 13. The van der Waals surface area contributed by atoms with Crippen molar-refractivity contribution in [2.45, 2.75) is 95.7 Å². The van der Waals surface area contributed by atoms with Crippen molar-refractivity contribution >= 4 is 33.9 Å². The Morgan fingerprint density at radius 1 is 1.17 bits per heavy atom. The molecule has 7 nitrogen and oxygen atoms in total. The number of likely N-dealkylation sites (N-methyl/N-ethyl adjacent to an activating group) is 1. The second-order valence-corrected chi connectivity index (χ2v) is 14.8. The fourth-order valence-electron chi connectivity index (χ4n) is 8.16. The van der Waals surface area contributed by atoms with Crippen molar-refractivity contribution in [3.8, 4) is 6.01 Å². The molecule has 4 aliphatic rings. The second-order valence-electron chi connectivity index (χ2n) is 14.4. The molecular formula is C38H49ClFN5O2. The molecule has 9 heteroatoms. The van der Waals surface area contributed by atoms with Gasteiger partial charge >= 0.3 is 6.01 Å². The zero-order valence-electron chi connectivity index (χ0n) is 28.1. The number of nitrogens with zero attached hydrogens (tertiary/aromatic N) is 3. The largest absolute Gasteiger partial charge is 0.463 e. The molecule has 2 aliphatic heterocycles. The summed E-state index contributed by atoms with van der Waals surface area (Å²) in [5.41, 5.74) is 3.78. The molecule has 0 radical (unpaired) electrons. The zero-order valence-corrected chi connectivity index (χ0v) is 28.8. The first-order valence-electron chi connectivity index (χ1n) is 17.8. The van der Waals surface area contributed by atoms with Crippen LogP contribution in [0.5, 0.6) is 6.01 Å². The smallest absolute Gasteiger partial charge is 0.319 e. The SMILES string of the molecule is CCCC(COCCC1(COc2nc(N3CC4CCC(C3)N4)c3cc(Cl)c(C4=CCC(C)c5ccccc54)c(F)c3n2)CCC1)NC. The van der Waals surface area contributed by atoms with Crippen LogP contribution in [0.1, 0.15) is 94.2 Å². The van der Waals surface area contributed by atoms with E-state index < -0.39 is 5.82 Å². The zero-order chi connectivity index (χ0) is 32.5. The Hall–Kier alpha value is -2.78. The Kier molecular flexibility index (Phi) is 9.75. The van der Waals surface area contributed by atoms with E-state index in [2.05, 4.69) is 47.6 Å². The van der Waals surface area contributed by atoms with E-state index in [4.69, 9.17) is 31.0 Å². The number of hydrogen-bond donors (Lipinski definition) is 2. The highest BCUT2D eigenvalue weighted by Gasteiger charge is 2.39. The van der Waals surface area contributed by atoms with Gasteiger partial charge in [0.05, 0.1) is 18.2 Å². The molecule has 2 aromatic carbocycles. The minimum atomic E-state index is -0.410. The van der Waals surface area contributed by atoms with Crippen LogP contribution in [0.15, 0.2) is 36.4 Å². The molecule has 0 spiro atoms. The van der Waals surface area contributed by atoms with Crippen molar-refractivity contribution in [2.75, 3.05) is 44.9 Å². The highest BCUT2D eigenvalue weighted by atomic mass is 35.5. The Balaban J connectivity index is 1.20. The van der Waals surface area contributed by atoms with Crippen molar-refractivity contribution in [3.05, 3.63) is 63.9 Å². The van der Waals surface area contributed by atoms with Gasteiger partial charge in [0.15, 0.2) is 5.82 Å². The number of benzene rings is 2. The quantitative estimate of drug-likeness (QED) is 0.182. The summed E-state index contributed by atoms with van der Waals surface area (Å²) in [5.74, 6) is 0.662. The Morgan fingerprint density at radius 2 is 1.96 bits per heavy atom. The van der Waals surface area contributed by atoms with E-state index in [9.17, 15) is 0 Å². The molecule has 2 aliphatic carbocycles. The molecule has 3 heterocycles. The lowest BCUT2D eigenvalue weighted by atomic mass is 9.67. The Bertz CT molecular complexity index is 1620. The Morgan fingerprint density at radius 3 is 2.68 bits per heavy atom. The van der Waals surface area contributed by atoms with Gasteiger partial charge in [-0.1, -0.05) is 68.6 Å². The van der Waals surface area contributed by atoms with Gasteiger partial charge in [0.25, 0.3) is 0 Å². The van der Waals surface area contributed by atoms with Crippen LogP contribution in [0, 0.1) is 11.2 Å². The summed E-state index contributed by atoms with van der Waals surface area (Å²) in [7, 11) is 2.00. The maximum absolute atomic E-state index is 17.0. The third kappa shape index (κ3) is 6.63. The maximum atomic E-state index is 17.0. The minimum absolute atomic E-state index is 0.0313. The van der Waals surface area contributed by atoms with Gasteiger partial charge in [-0.25, -0.2) is 4.39 Å². The lowest BCUT2D eigenvalue weighted by molar-refractivity contribution is 0.00578. The molecule has 7 rings (SSSR count). The molecule has 2 bridgehead atoms. The molecule has 2 saturated heterocycles. The number of hydrogen-bond acceptors (Lipinski definition) is 7. The maximum Gasteiger partial charge on any atom is 0.319 e. The van der Waals surface area contributed by atoms with Crippen LogP contribution in [-0.2, 0) is 4.74 Å². The number of ether oxygens (including phenoxy) is 2. The molecule has 47 heavy (non-hydrogen) atoms. The summed E-state index contributed by atoms with van der Waals surface area (Å²) in [6.07, 6.45) is 11.7. The van der Waals surface area contributed by atoms with Gasteiger partial charge in [-0.05, 0) is 80.7 Å². The van der Waals surface area contributed by atoms with Gasteiger partial charge in [0, 0.05) is 54.2 Å². The lowest BCUT2D eigenvalue weighted by Gasteiger charge is -2.41. The molecule has 4 atom stereocenters. The molecule has 2 N–H and O–H groups in total. The first kappa shape index (κ1) is 32.8. The number of piperazine rings is 1. The number of nitrogens with one attached hydrogen (secondary N) is 2. The number of fused-ring (bicyclic) bond motifs is 4. The van der Waals surface area contributed by atoms with E-state index in [1.165, 1.54) is 12.0 Å². The average molecular weight is 662 g/mol. The van der Waals surface area contributed by atoms with Crippen LogP contribution in [0.25, 0.3) is 16.5 Å². The highest BCUT2D eigenvalue weighted by molar-refractivity contribution is 6.33. The number of halogens is 2. The summed E-state index contributed by atoms with van der Waals surface area (Å²) in [5, 5.41) is 8.08. The number of allylic oxidation sites excluding steroid dienone is 1. The summed E-state index contributed by atoms with van der Waals surface area (Å²) >= 11 is 7.00. The standard InChI is InChI=1S/C38H49ClFN5O2/c1-4-8-27(41-3)22-46-18-17-38(15-7-16-38)23-47-37-43-35-31(36(44-37)45-20-25-12-13-26(21-45)42-25)19-32(39)33(34(35)40)30-14-11-24(2)28-9-5-6-10-29(28)30/h5-6,9-10,14,19,24-27,41-42H,4,7-8,11-13,15-18,20-23H2,1-3H3. The summed E-state index contributed by atoms with van der Waals surface area (Å²) in [6.45, 7) is 7.95. The van der Waals surface area contributed by atoms with Crippen LogP contribution < -0.4 is 20.3 Å². The fourth-order valence-corrected chi connectivity index (χ4v) is 8.45. The molecule has 4 unspecified atom stereocenters. The van der Waals surface area contributed by atoms with E-state index in [0.717, 1.165) is 82.2 Å². The van der Waals surface area contributed by atoms with E-state index in [0.29, 0.717) is 59.0 Å². The van der Waals surface area contributed by atoms with Crippen molar-refractivity contribution in [3.63, 3.8) is 0 Å². The van der Waals surface area contributed by atoms with Crippen LogP contribution in [-0.4, -0.2) is 68.1 Å². The minimum Gasteiger partial charge on any atom is -0.463 e. The van der Waals surface area contributed by atoms with Crippen molar-refractivity contribution < 1.29 is 13.9 Å². The van der Waals surface area contributed by atoms with Crippen LogP contribution in [0.2, 0.25) is 5.02 Å². The highest BCUT2D eigenvalue weighted by Crippen LogP contribution is 2.46. The van der Waals surface area contributed by atoms with Crippen molar-refractivity contribution in [1.29, 1.82) is 0 Å². The first-order valence-corrected chi connectivity index (χ1v) is 18.1. The molecular weight excluding hydrogens is 613 g/mol. The van der Waals surface area contributed by atoms with Gasteiger partial charge in [0.2, 0.25) is 0 Å². The van der Waals surface area contributed by atoms with Crippen LogP contribution in [0.3, 0.4) is 0 Å². The monoisotopic (exact) mass is 661 g/mol. The number of anilines is 1.